The van der Waals surface area contributed by atoms with Crippen LogP contribution in [0.4, 0.5) is 0 Å². The summed E-state index contributed by atoms with van der Waals surface area (Å²) < 4.78 is 45.6. The summed E-state index contributed by atoms with van der Waals surface area (Å²) in [6.07, 6.45) is 11.4. The molecule has 0 amide bonds. The average molecular weight is 1040 g/mol. The number of esters is 2. The van der Waals surface area contributed by atoms with Gasteiger partial charge in [-0.2, -0.15) is 0 Å². The highest BCUT2D eigenvalue weighted by molar-refractivity contribution is 7.47. The molecule has 18 nitrogen and oxygen atoms in total. The molecule has 1 saturated heterocycles. The summed E-state index contributed by atoms with van der Waals surface area (Å²) in [5.41, 5.74) is 0. The number of aliphatic hydroxyl groups is 8. The molecule has 2 rings (SSSR count). The van der Waals surface area contributed by atoms with E-state index in [1.54, 1.807) is 0 Å². The highest BCUT2D eigenvalue weighted by Crippen LogP contribution is 2.48. The number of hydrogen-bond acceptors (Lipinski definition) is 17. The lowest BCUT2D eigenvalue weighted by Gasteiger charge is -2.47. The molecule has 1 aliphatic carbocycles. The Balaban J connectivity index is 1.93. The van der Waals surface area contributed by atoms with Crippen molar-refractivity contribution in [3.63, 3.8) is 0 Å². The van der Waals surface area contributed by atoms with Crippen LogP contribution in [0.3, 0.4) is 0 Å². The van der Waals surface area contributed by atoms with Crippen molar-refractivity contribution < 1.29 is 87.9 Å². The van der Waals surface area contributed by atoms with Gasteiger partial charge >= 0.3 is 19.8 Å². The van der Waals surface area contributed by atoms with Crippen LogP contribution in [0.25, 0.3) is 0 Å². The molecule has 418 valence electrons. The lowest BCUT2D eigenvalue weighted by Crippen LogP contribution is -2.67. The van der Waals surface area contributed by atoms with E-state index in [9.17, 15) is 59.9 Å². The molecule has 0 aromatic heterocycles. The monoisotopic (exact) mass is 1040 g/mol. The van der Waals surface area contributed by atoms with Gasteiger partial charge in [-0.1, -0.05) is 168 Å². The molecule has 71 heavy (non-hydrogen) atoms. The first kappa shape index (κ1) is 65.5. The maximum atomic E-state index is 13.4. The summed E-state index contributed by atoms with van der Waals surface area (Å²) in [6.45, 7) is 4.57. The average Bonchev–Trinajstić information content (AvgIpc) is 3.35. The number of phosphoric ester groups is 1. The summed E-state index contributed by atoms with van der Waals surface area (Å²) in [6, 6.07) is 0. The van der Waals surface area contributed by atoms with E-state index in [-0.39, 0.29) is 12.8 Å². The number of carbonyl (C=O) groups is 2. The van der Waals surface area contributed by atoms with E-state index >= 15 is 0 Å². The lowest BCUT2D eigenvalue weighted by atomic mass is 9.84. The van der Waals surface area contributed by atoms with Crippen LogP contribution in [0.5, 0.6) is 0 Å². The third-order valence-corrected chi connectivity index (χ3v) is 14.6. The fourth-order valence-corrected chi connectivity index (χ4v) is 9.97. The molecule has 14 unspecified atom stereocenters. The van der Waals surface area contributed by atoms with Crippen molar-refractivity contribution in [2.75, 3.05) is 19.8 Å². The predicted octanol–water partition coefficient (Wildman–Crippen LogP) is 7.13. The zero-order chi connectivity index (χ0) is 52.4. The Bertz CT molecular complexity index is 1440. The summed E-state index contributed by atoms with van der Waals surface area (Å²) >= 11 is 0. The van der Waals surface area contributed by atoms with E-state index in [0.717, 1.165) is 83.0 Å². The van der Waals surface area contributed by atoms with E-state index in [1.165, 1.54) is 83.5 Å². The Morgan fingerprint density at radius 2 is 1.01 bits per heavy atom. The molecule has 19 heteroatoms. The van der Waals surface area contributed by atoms with Gasteiger partial charge in [0.15, 0.2) is 12.4 Å². The molecule has 1 aliphatic heterocycles. The minimum atomic E-state index is -5.38. The predicted molar refractivity (Wildman–Crippen MR) is 268 cm³/mol. The van der Waals surface area contributed by atoms with Crippen LogP contribution < -0.4 is 0 Å². The van der Waals surface area contributed by atoms with Gasteiger partial charge in [-0.15, -0.1) is 0 Å². The third kappa shape index (κ3) is 27.7. The van der Waals surface area contributed by atoms with Crippen molar-refractivity contribution in [1.29, 1.82) is 0 Å². The molecule has 0 radical (unpaired) electrons. The largest absolute Gasteiger partial charge is 0.472 e. The Labute approximate surface area is 424 Å². The molecular formula is C52H97O18P. The van der Waals surface area contributed by atoms with Crippen LogP contribution in [0.15, 0.2) is 12.2 Å². The van der Waals surface area contributed by atoms with E-state index in [0.29, 0.717) is 12.8 Å². The fraction of sp³-hybridized carbons (Fsp3) is 0.923. The normalized spacial score (nSPS) is 27.6. The summed E-state index contributed by atoms with van der Waals surface area (Å²) in [5.74, 6) is -0.481. The number of unbranched alkanes of at least 4 members (excludes halogenated alkanes) is 21. The van der Waals surface area contributed by atoms with E-state index in [4.69, 9.17) is 28.0 Å². The highest BCUT2D eigenvalue weighted by Gasteiger charge is 2.55. The number of aliphatic hydroxyl groups excluding tert-OH is 8. The van der Waals surface area contributed by atoms with Gasteiger partial charge in [0.25, 0.3) is 0 Å². The molecule has 0 aromatic carbocycles. The Morgan fingerprint density at radius 3 is 1.55 bits per heavy atom. The van der Waals surface area contributed by atoms with Gasteiger partial charge in [-0.05, 0) is 44.4 Å². The van der Waals surface area contributed by atoms with Gasteiger partial charge in [0.2, 0.25) is 0 Å². The first-order valence-electron chi connectivity index (χ1n) is 27.4. The van der Waals surface area contributed by atoms with Crippen LogP contribution in [-0.2, 0) is 42.1 Å². The molecule has 2 fully saturated rings. The van der Waals surface area contributed by atoms with Crippen LogP contribution in [0.2, 0.25) is 0 Å². The number of phosphoric acid groups is 1. The summed E-state index contributed by atoms with van der Waals surface area (Å²) in [7, 11) is -5.38. The first-order valence-corrected chi connectivity index (χ1v) is 28.9. The second-order valence-electron chi connectivity index (χ2n) is 20.0. The molecule has 9 N–H and O–H groups in total. The molecule has 2 aliphatic rings. The maximum absolute atomic E-state index is 13.4. The van der Waals surface area contributed by atoms with Crippen LogP contribution in [-0.4, -0.2) is 151 Å². The molecule has 0 aromatic rings. The number of allylic oxidation sites excluding steroid dienone is 2. The molecular weight excluding hydrogens is 944 g/mol. The quantitative estimate of drug-likeness (QED) is 0.0127. The minimum Gasteiger partial charge on any atom is -0.462 e. The maximum Gasteiger partial charge on any atom is 0.472 e. The van der Waals surface area contributed by atoms with Crippen molar-refractivity contribution >= 4 is 19.8 Å². The molecule has 0 bridgehead atoms. The second kappa shape index (κ2) is 38.9. The Morgan fingerprint density at radius 1 is 0.563 bits per heavy atom. The van der Waals surface area contributed by atoms with Crippen molar-refractivity contribution in [1.82, 2.24) is 0 Å². The van der Waals surface area contributed by atoms with Crippen LogP contribution >= 0.6 is 7.82 Å². The number of ether oxygens (including phenoxy) is 4. The van der Waals surface area contributed by atoms with Crippen molar-refractivity contribution in [3.05, 3.63) is 12.2 Å². The Hall–Kier alpha value is -1.61. The van der Waals surface area contributed by atoms with E-state index < -0.39 is 113 Å². The van der Waals surface area contributed by atoms with Gasteiger partial charge in [0.1, 0.15) is 67.6 Å². The van der Waals surface area contributed by atoms with Gasteiger partial charge in [-0.25, -0.2) is 4.57 Å². The summed E-state index contributed by atoms with van der Waals surface area (Å²) in [5, 5.41) is 83.1. The van der Waals surface area contributed by atoms with Gasteiger partial charge in [-0.3, -0.25) is 18.6 Å². The van der Waals surface area contributed by atoms with Crippen LogP contribution in [0.1, 0.15) is 207 Å². The Kier molecular flexibility index (Phi) is 35.9. The van der Waals surface area contributed by atoms with Crippen molar-refractivity contribution in [3.8, 4) is 0 Å². The second-order valence-corrected chi connectivity index (χ2v) is 21.5. The third-order valence-electron chi connectivity index (χ3n) is 13.6. The lowest BCUT2D eigenvalue weighted by molar-refractivity contribution is -0.338. The van der Waals surface area contributed by atoms with Gasteiger partial charge in [0.05, 0.1) is 13.2 Å². The molecule has 14 atom stereocenters. The smallest absolute Gasteiger partial charge is 0.462 e. The standard InChI is InChI=1S/C52H97O18P/c1-4-6-8-10-12-13-14-15-16-17-18-19-20-26-30-34-42(55)67-39(36-65-41(54)33-29-25-22-21-24-28-32-38(3)31-27-23-11-9-7-5-2)37-66-71(63,64)70-51-48(61)46(59)45(58)47(60)50(51)69-52-49(62)44(57)43(56)40(35-53)68-52/h13-14,38-40,43-53,56-62H,4-12,15-37H2,1-3H3,(H,63,64)/b14-13-. The topological polar surface area (TPSA) is 289 Å². The van der Waals surface area contributed by atoms with E-state index in [1.807, 2.05) is 0 Å². The van der Waals surface area contributed by atoms with Crippen molar-refractivity contribution in [2.45, 2.75) is 280 Å². The minimum absolute atomic E-state index is 0.0299. The van der Waals surface area contributed by atoms with Gasteiger partial charge in [0, 0.05) is 12.8 Å². The zero-order valence-corrected chi connectivity index (χ0v) is 44.3. The molecule has 0 spiro atoms. The van der Waals surface area contributed by atoms with Gasteiger partial charge < -0.3 is 64.7 Å². The van der Waals surface area contributed by atoms with E-state index in [2.05, 4.69) is 32.9 Å². The van der Waals surface area contributed by atoms with Crippen molar-refractivity contribution in [2.24, 2.45) is 5.92 Å². The number of hydrogen-bond donors (Lipinski definition) is 9. The summed E-state index contributed by atoms with van der Waals surface area (Å²) in [4.78, 5) is 36.7. The SMILES string of the molecule is CCCCCC/C=C\CCCCCCCCCC(=O)OC(COC(=O)CCCCCCCCC(C)CCCCCCCC)COP(=O)(O)OC1C(O)C(O)C(O)C(O)C1OC1OC(CO)C(O)C(O)C1O. The van der Waals surface area contributed by atoms with Crippen LogP contribution in [0, 0.1) is 5.92 Å². The zero-order valence-electron chi connectivity index (χ0n) is 43.4. The molecule has 1 saturated carbocycles. The number of rotatable bonds is 42. The highest BCUT2D eigenvalue weighted by atomic mass is 31.2. The molecule has 1 heterocycles. The number of carbonyl (C=O) groups excluding carboxylic acids is 2. The fourth-order valence-electron chi connectivity index (χ4n) is 9.00. The first-order chi connectivity index (χ1) is 34.1.